The van der Waals surface area contributed by atoms with Crippen LogP contribution in [0.15, 0.2) is 42.5 Å². The third kappa shape index (κ3) is 4.88. The first-order valence-corrected chi connectivity index (χ1v) is 9.48. The van der Waals surface area contributed by atoms with E-state index >= 15 is 0 Å². The molecule has 1 aliphatic carbocycles. The van der Waals surface area contributed by atoms with Crippen molar-refractivity contribution < 1.29 is 14.3 Å². The minimum atomic E-state index is -0.284. The van der Waals surface area contributed by atoms with Crippen LogP contribution in [0.4, 0.5) is 5.69 Å². The Kier molecular flexibility index (Phi) is 6.12. The fourth-order valence-electron chi connectivity index (χ4n) is 3.34. The fourth-order valence-corrected chi connectivity index (χ4v) is 3.34. The summed E-state index contributed by atoms with van der Waals surface area (Å²) in [6.45, 7) is 3.71. The minimum absolute atomic E-state index is 0.0221. The molecule has 142 valence electrons. The summed E-state index contributed by atoms with van der Waals surface area (Å²) in [7, 11) is 0. The van der Waals surface area contributed by atoms with Gasteiger partial charge in [-0.1, -0.05) is 24.3 Å². The van der Waals surface area contributed by atoms with Gasteiger partial charge in [-0.05, 0) is 68.9 Å². The van der Waals surface area contributed by atoms with E-state index in [1.165, 1.54) is 17.5 Å². The topological polar surface area (TPSA) is 67.4 Å². The molecule has 0 saturated carbocycles. The van der Waals surface area contributed by atoms with Crippen LogP contribution < -0.4 is 15.4 Å². The first-order valence-electron chi connectivity index (χ1n) is 9.48. The Balaban J connectivity index is 1.65. The third-order valence-corrected chi connectivity index (χ3v) is 4.58. The zero-order valence-corrected chi connectivity index (χ0v) is 15.9. The molecule has 2 aromatic rings. The molecule has 0 spiro atoms. The average molecular weight is 366 g/mol. The van der Waals surface area contributed by atoms with Gasteiger partial charge in [0.05, 0.1) is 11.3 Å². The largest absolute Gasteiger partial charge is 0.483 e. The van der Waals surface area contributed by atoms with Crippen molar-refractivity contribution in [3.05, 3.63) is 59.2 Å². The second-order valence-corrected chi connectivity index (χ2v) is 7.11. The molecule has 0 saturated heterocycles. The molecule has 5 heteroatoms. The molecule has 0 bridgehead atoms. The maximum absolute atomic E-state index is 12.4. The van der Waals surface area contributed by atoms with Crippen LogP contribution in [0.3, 0.4) is 0 Å². The second kappa shape index (κ2) is 8.71. The number of ether oxygens (including phenoxy) is 1. The van der Waals surface area contributed by atoms with Gasteiger partial charge >= 0.3 is 0 Å². The normalized spacial score (nSPS) is 13.0. The Bertz CT molecular complexity index is 830. The molecule has 0 aromatic heterocycles. The minimum Gasteiger partial charge on any atom is -0.483 e. The van der Waals surface area contributed by atoms with Gasteiger partial charge in [-0.15, -0.1) is 0 Å². The van der Waals surface area contributed by atoms with Crippen LogP contribution in [-0.4, -0.2) is 24.5 Å². The first kappa shape index (κ1) is 19.0. The first-order chi connectivity index (χ1) is 13.0. The fraction of sp³-hybridized carbons (Fsp3) is 0.364. The van der Waals surface area contributed by atoms with Gasteiger partial charge in [-0.3, -0.25) is 9.59 Å². The number of fused-ring (bicyclic) bond motifs is 1. The molecule has 2 amide bonds. The Morgan fingerprint density at radius 3 is 2.63 bits per heavy atom. The molecule has 2 aromatic carbocycles. The van der Waals surface area contributed by atoms with Crippen molar-refractivity contribution in [3.63, 3.8) is 0 Å². The summed E-state index contributed by atoms with van der Waals surface area (Å²) < 4.78 is 5.79. The van der Waals surface area contributed by atoms with E-state index in [9.17, 15) is 9.59 Å². The highest BCUT2D eigenvalue weighted by Gasteiger charge is 2.16. The van der Waals surface area contributed by atoms with Crippen molar-refractivity contribution in [2.45, 2.75) is 45.6 Å². The molecule has 0 radical (unpaired) electrons. The number of carbonyl (C=O) groups is 2. The van der Waals surface area contributed by atoms with E-state index in [1.54, 1.807) is 24.3 Å². The number of rotatable bonds is 6. The van der Waals surface area contributed by atoms with Crippen LogP contribution >= 0.6 is 0 Å². The summed E-state index contributed by atoms with van der Waals surface area (Å²) in [6.07, 6.45) is 4.41. The van der Waals surface area contributed by atoms with Crippen LogP contribution in [0, 0.1) is 0 Å². The van der Waals surface area contributed by atoms with Crippen LogP contribution in [0.5, 0.6) is 5.75 Å². The monoisotopic (exact) mass is 366 g/mol. The van der Waals surface area contributed by atoms with Crippen molar-refractivity contribution in [2.24, 2.45) is 0 Å². The number of hydrogen-bond donors (Lipinski definition) is 2. The molecule has 0 heterocycles. The summed E-state index contributed by atoms with van der Waals surface area (Å²) in [5.41, 5.74) is 3.46. The van der Waals surface area contributed by atoms with E-state index in [0.29, 0.717) is 11.3 Å². The third-order valence-electron chi connectivity index (χ3n) is 4.58. The Hall–Kier alpha value is -2.82. The second-order valence-electron chi connectivity index (χ2n) is 7.11. The van der Waals surface area contributed by atoms with Crippen molar-refractivity contribution in [1.29, 1.82) is 0 Å². The molecule has 0 aliphatic heterocycles. The summed E-state index contributed by atoms with van der Waals surface area (Å²) in [5.74, 6) is 0.292. The van der Waals surface area contributed by atoms with Crippen molar-refractivity contribution >= 4 is 17.5 Å². The van der Waals surface area contributed by atoms with Gasteiger partial charge in [-0.25, -0.2) is 0 Å². The van der Waals surface area contributed by atoms with Gasteiger partial charge in [-0.2, -0.15) is 0 Å². The maximum Gasteiger partial charge on any atom is 0.262 e. The van der Waals surface area contributed by atoms with Gasteiger partial charge < -0.3 is 15.4 Å². The van der Waals surface area contributed by atoms with E-state index in [2.05, 4.69) is 16.7 Å². The van der Waals surface area contributed by atoms with E-state index < -0.39 is 0 Å². The van der Waals surface area contributed by atoms with E-state index in [4.69, 9.17) is 4.74 Å². The van der Waals surface area contributed by atoms with Crippen molar-refractivity contribution in [3.8, 4) is 5.75 Å². The number of amides is 2. The van der Waals surface area contributed by atoms with Crippen molar-refractivity contribution in [2.75, 3.05) is 11.9 Å². The summed E-state index contributed by atoms with van der Waals surface area (Å²) in [4.78, 5) is 24.7. The van der Waals surface area contributed by atoms with Crippen LogP contribution in [0.25, 0.3) is 0 Å². The molecular weight excluding hydrogens is 340 g/mol. The lowest BCUT2D eigenvalue weighted by atomic mass is 9.91. The van der Waals surface area contributed by atoms with E-state index in [1.807, 2.05) is 26.0 Å². The van der Waals surface area contributed by atoms with E-state index in [0.717, 1.165) is 25.0 Å². The molecule has 0 atom stereocenters. The van der Waals surface area contributed by atoms with Gasteiger partial charge in [0, 0.05) is 6.04 Å². The Morgan fingerprint density at radius 1 is 1.04 bits per heavy atom. The molecule has 0 fully saturated rings. The highest BCUT2D eigenvalue weighted by molar-refractivity contribution is 6.04. The zero-order valence-electron chi connectivity index (χ0n) is 15.9. The van der Waals surface area contributed by atoms with Gasteiger partial charge in [0.2, 0.25) is 0 Å². The smallest absolute Gasteiger partial charge is 0.262 e. The standard InChI is InChI=1S/C22H26N2O3/c1-15(2)23-22(26)18-11-5-6-12-19(18)24-21(25)14-27-20-13-7-9-16-8-3-4-10-17(16)20/h5-7,9,11-13,15H,3-4,8,10,14H2,1-2H3,(H,23,26)(H,24,25). The molecular formula is C22H26N2O3. The maximum atomic E-state index is 12.4. The lowest BCUT2D eigenvalue weighted by Crippen LogP contribution is -2.31. The molecule has 3 rings (SSSR count). The molecule has 27 heavy (non-hydrogen) atoms. The predicted octanol–water partition coefficient (Wildman–Crippen LogP) is 3.72. The van der Waals surface area contributed by atoms with Gasteiger partial charge in [0.15, 0.2) is 6.61 Å². The summed E-state index contributed by atoms with van der Waals surface area (Å²) in [5, 5.41) is 5.63. The Labute approximate surface area is 160 Å². The lowest BCUT2D eigenvalue weighted by molar-refractivity contribution is -0.118. The van der Waals surface area contributed by atoms with Gasteiger partial charge in [0.25, 0.3) is 11.8 Å². The molecule has 2 N–H and O–H groups in total. The highest BCUT2D eigenvalue weighted by Crippen LogP contribution is 2.29. The lowest BCUT2D eigenvalue weighted by Gasteiger charge is -2.19. The zero-order chi connectivity index (χ0) is 19.2. The van der Waals surface area contributed by atoms with Crippen LogP contribution in [0.2, 0.25) is 0 Å². The number of hydrogen-bond acceptors (Lipinski definition) is 3. The number of nitrogens with one attached hydrogen (secondary N) is 2. The van der Waals surface area contributed by atoms with Gasteiger partial charge in [0.1, 0.15) is 5.75 Å². The number of benzene rings is 2. The number of aryl methyl sites for hydroxylation is 1. The quantitative estimate of drug-likeness (QED) is 0.819. The molecule has 5 nitrogen and oxygen atoms in total. The number of carbonyl (C=O) groups excluding carboxylic acids is 2. The summed E-state index contributed by atoms with van der Waals surface area (Å²) >= 11 is 0. The van der Waals surface area contributed by atoms with Crippen LogP contribution in [0.1, 0.15) is 48.2 Å². The van der Waals surface area contributed by atoms with E-state index in [-0.39, 0.29) is 24.5 Å². The summed E-state index contributed by atoms with van der Waals surface area (Å²) in [6, 6.07) is 13.0. The number of para-hydroxylation sites is 1. The van der Waals surface area contributed by atoms with Crippen molar-refractivity contribution in [1.82, 2.24) is 5.32 Å². The highest BCUT2D eigenvalue weighted by atomic mass is 16.5. The molecule has 0 unspecified atom stereocenters. The average Bonchev–Trinajstić information content (AvgIpc) is 2.66. The van der Waals surface area contributed by atoms with Crippen LogP contribution in [-0.2, 0) is 17.6 Å². The SMILES string of the molecule is CC(C)NC(=O)c1ccccc1NC(=O)COc1cccc2c1CCCC2. The molecule has 1 aliphatic rings. The Morgan fingerprint density at radius 2 is 1.81 bits per heavy atom. The predicted molar refractivity (Wildman–Crippen MR) is 106 cm³/mol. The number of anilines is 1.